The molecule has 106 valence electrons. The second kappa shape index (κ2) is 5.55. The molecule has 1 atom stereocenters. The number of carbonyl (C=O) groups excluding carboxylic acids is 1. The first-order chi connectivity index (χ1) is 9.47. The number of carboxylic acid groups (broad SMARTS) is 1. The van der Waals surface area contributed by atoms with Crippen LogP contribution in [0.1, 0.15) is 23.2 Å². The summed E-state index contributed by atoms with van der Waals surface area (Å²) in [6, 6.07) is 3.40. The lowest BCUT2D eigenvalue weighted by molar-refractivity contribution is -0.384. The molecule has 0 bridgehead atoms. The summed E-state index contributed by atoms with van der Waals surface area (Å²) in [6.07, 6.45) is 0.891. The summed E-state index contributed by atoms with van der Waals surface area (Å²) in [5.41, 5.74) is -0.0299. The summed E-state index contributed by atoms with van der Waals surface area (Å²) in [5.74, 6) is -1.22. The van der Waals surface area contributed by atoms with Crippen LogP contribution >= 0.6 is 0 Å². The van der Waals surface area contributed by atoms with Crippen LogP contribution in [0.2, 0.25) is 0 Å². The Labute approximate surface area is 113 Å². The van der Waals surface area contributed by atoms with Crippen LogP contribution in [0, 0.1) is 10.1 Å². The third-order valence-electron chi connectivity index (χ3n) is 3.07. The number of benzene rings is 1. The first-order valence-corrected chi connectivity index (χ1v) is 6.02. The number of nitro benzene ring substituents is 1. The second-order valence-electron chi connectivity index (χ2n) is 4.48. The lowest BCUT2D eigenvalue weighted by Crippen LogP contribution is -2.42. The molecule has 1 fully saturated rings. The fourth-order valence-corrected chi connectivity index (χ4v) is 2.03. The van der Waals surface area contributed by atoms with Crippen LogP contribution < -0.4 is 10.6 Å². The number of carbonyl (C=O) groups is 2. The highest BCUT2D eigenvalue weighted by molar-refractivity contribution is 5.95. The maximum atomic E-state index is 11.1. The Morgan fingerprint density at radius 2 is 2.25 bits per heavy atom. The molecule has 1 saturated heterocycles. The van der Waals surface area contributed by atoms with Gasteiger partial charge in [0.05, 0.1) is 16.2 Å². The van der Waals surface area contributed by atoms with Gasteiger partial charge in [0.25, 0.3) is 5.69 Å². The molecule has 0 saturated carbocycles. The summed E-state index contributed by atoms with van der Waals surface area (Å²) in [6.45, 7) is 0.362. The van der Waals surface area contributed by atoms with Gasteiger partial charge in [0.1, 0.15) is 0 Å². The van der Waals surface area contributed by atoms with E-state index in [-0.39, 0.29) is 28.9 Å². The van der Waals surface area contributed by atoms with Crippen molar-refractivity contribution in [2.75, 3.05) is 11.9 Å². The molecular weight excluding hydrogens is 266 g/mol. The smallest absolute Gasteiger partial charge is 0.337 e. The lowest BCUT2D eigenvalue weighted by Gasteiger charge is -2.25. The zero-order valence-corrected chi connectivity index (χ0v) is 10.5. The van der Waals surface area contributed by atoms with Crippen LogP contribution in [0.5, 0.6) is 0 Å². The maximum absolute atomic E-state index is 11.1. The minimum absolute atomic E-state index is 0.0347. The van der Waals surface area contributed by atoms with Gasteiger partial charge in [-0.2, -0.15) is 0 Å². The number of piperidine rings is 1. The Bertz CT molecular complexity index is 562. The van der Waals surface area contributed by atoms with Gasteiger partial charge in [0.15, 0.2) is 0 Å². The van der Waals surface area contributed by atoms with Gasteiger partial charge in [-0.05, 0) is 12.5 Å². The number of aromatic carboxylic acids is 1. The molecule has 1 aliphatic heterocycles. The van der Waals surface area contributed by atoms with Gasteiger partial charge in [0.2, 0.25) is 5.91 Å². The Morgan fingerprint density at radius 1 is 1.50 bits per heavy atom. The van der Waals surface area contributed by atoms with Crippen molar-refractivity contribution in [1.82, 2.24) is 5.32 Å². The number of hydrogen-bond donors (Lipinski definition) is 3. The molecule has 8 nitrogen and oxygen atoms in total. The van der Waals surface area contributed by atoms with Crippen molar-refractivity contribution in [3.8, 4) is 0 Å². The molecule has 20 heavy (non-hydrogen) atoms. The molecule has 1 aromatic rings. The summed E-state index contributed by atoms with van der Waals surface area (Å²) >= 11 is 0. The predicted molar refractivity (Wildman–Crippen MR) is 69.7 cm³/mol. The van der Waals surface area contributed by atoms with Crippen molar-refractivity contribution in [3.05, 3.63) is 33.9 Å². The number of nitro groups is 1. The van der Waals surface area contributed by atoms with Crippen molar-refractivity contribution >= 4 is 23.3 Å². The molecule has 2 rings (SSSR count). The standard InChI is InChI=1S/C12H13N3O5/c16-11-4-1-7(6-13-11)14-10-5-8(15(19)20)2-3-9(10)12(17)18/h2-3,5,7,14H,1,4,6H2,(H,13,16)(H,17,18). The topological polar surface area (TPSA) is 122 Å². The number of carboxylic acids is 1. The van der Waals surface area contributed by atoms with E-state index in [9.17, 15) is 19.7 Å². The Kier molecular flexibility index (Phi) is 3.83. The van der Waals surface area contributed by atoms with E-state index in [1.165, 1.54) is 12.1 Å². The lowest BCUT2D eigenvalue weighted by atomic mass is 10.1. The zero-order valence-electron chi connectivity index (χ0n) is 10.5. The number of nitrogens with zero attached hydrogens (tertiary/aromatic N) is 1. The molecule has 3 N–H and O–H groups in total. The van der Waals surface area contributed by atoms with E-state index < -0.39 is 10.9 Å². The fourth-order valence-electron chi connectivity index (χ4n) is 2.03. The van der Waals surface area contributed by atoms with E-state index in [4.69, 9.17) is 5.11 Å². The van der Waals surface area contributed by atoms with Gasteiger partial charge in [0, 0.05) is 31.1 Å². The van der Waals surface area contributed by atoms with E-state index in [1.807, 2.05) is 0 Å². The molecule has 8 heteroatoms. The third kappa shape index (κ3) is 3.02. The summed E-state index contributed by atoms with van der Waals surface area (Å²) in [7, 11) is 0. The van der Waals surface area contributed by atoms with Crippen LogP contribution in [0.25, 0.3) is 0 Å². The Balaban J connectivity index is 2.23. The van der Waals surface area contributed by atoms with E-state index >= 15 is 0 Å². The highest BCUT2D eigenvalue weighted by Crippen LogP contribution is 2.24. The van der Waals surface area contributed by atoms with Crippen LogP contribution in [-0.4, -0.2) is 34.5 Å². The van der Waals surface area contributed by atoms with E-state index in [0.29, 0.717) is 19.4 Å². The normalized spacial score (nSPS) is 18.2. The van der Waals surface area contributed by atoms with Crippen LogP contribution in [0.3, 0.4) is 0 Å². The molecule has 0 radical (unpaired) electrons. The third-order valence-corrected chi connectivity index (χ3v) is 3.07. The second-order valence-corrected chi connectivity index (χ2v) is 4.48. The van der Waals surface area contributed by atoms with Crippen molar-refractivity contribution in [2.24, 2.45) is 0 Å². The van der Waals surface area contributed by atoms with E-state index in [0.717, 1.165) is 6.07 Å². The van der Waals surface area contributed by atoms with Gasteiger partial charge in [-0.3, -0.25) is 14.9 Å². The van der Waals surface area contributed by atoms with Crippen LogP contribution in [0.4, 0.5) is 11.4 Å². The summed E-state index contributed by atoms with van der Waals surface area (Å²) < 4.78 is 0. The van der Waals surface area contributed by atoms with Gasteiger partial charge in [-0.25, -0.2) is 4.79 Å². The molecule has 1 unspecified atom stereocenters. The number of rotatable bonds is 4. The SMILES string of the molecule is O=C1CCC(Nc2cc([N+](=O)[O-])ccc2C(=O)O)CN1. The molecule has 1 aromatic carbocycles. The minimum atomic E-state index is -1.16. The number of hydrogen-bond acceptors (Lipinski definition) is 5. The maximum Gasteiger partial charge on any atom is 0.337 e. The van der Waals surface area contributed by atoms with Gasteiger partial charge >= 0.3 is 5.97 Å². The van der Waals surface area contributed by atoms with Crippen molar-refractivity contribution in [1.29, 1.82) is 0 Å². The van der Waals surface area contributed by atoms with E-state index in [1.54, 1.807) is 0 Å². The Hall–Kier alpha value is -2.64. The summed E-state index contributed by atoms with van der Waals surface area (Å²) in [4.78, 5) is 32.3. The molecule has 0 aromatic heterocycles. The van der Waals surface area contributed by atoms with Crippen molar-refractivity contribution in [2.45, 2.75) is 18.9 Å². The molecule has 1 amide bonds. The molecule has 1 heterocycles. The highest BCUT2D eigenvalue weighted by atomic mass is 16.6. The average Bonchev–Trinajstić information content (AvgIpc) is 2.41. The van der Waals surface area contributed by atoms with E-state index in [2.05, 4.69) is 10.6 Å². The van der Waals surface area contributed by atoms with Crippen LogP contribution in [0.15, 0.2) is 18.2 Å². The van der Waals surface area contributed by atoms with Gasteiger partial charge in [-0.1, -0.05) is 0 Å². The van der Waals surface area contributed by atoms with Crippen molar-refractivity contribution < 1.29 is 19.6 Å². The zero-order chi connectivity index (χ0) is 14.7. The van der Waals surface area contributed by atoms with Gasteiger partial charge in [-0.15, -0.1) is 0 Å². The fraction of sp³-hybridized carbons (Fsp3) is 0.333. The molecule has 1 aliphatic rings. The number of non-ortho nitro benzene ring substituents is 1. The minimum Gasteiger partial charge on any atom is -0.478 e. The monoisotopic (exact) mass is 279 g/mol. The van der Waals surface area contributed by atoms with Gasteiger partial charge < -0.3 is 15.7 Å². The number of anilines is 1. The van der Waals surface area contributed by atoms with Crippen LogP contribution in [-0.2, 0) is 4.79 Å². The first-order valence-electron chi connectivity index (χ1n) is 6.02. The highest BCUT2D eigenvalue weighted by Gasteiger charge is 2.21. The van der Waals surface area contributed by atoms with Crippen molar-refractivity contribution in [3.63, 3.8) is 0 Å². The molecule has 0 aliphatic carbocycles. The quantitative estimate of drug-likeness (QED) is 0.558. The largest absolute Gasteiger partial charge is 0.478 e. The average molecular weight is 279 g/mol. The first kappa shape index (κ1) is 13.8. The number of amides is 1. The Morgan fingerprint density at radius 3 is 2.80 bits per heavy atom. The predicted octanol–water partition coefficient (Wildman–Crippen LogP) is 0.983. The summed E-state index contributed by atoms with van der Waals surface area (Å²) in [5, 5.41) is 25.4. The molecular formula is C12H13N3O5. The molecule has 0 spiro atoms. The number of nitrogens with one attached hydrogen (secondary N) is 2.